The van der Waals surface area contributed by atoms with Crippen molar-refractivity contribution in [3.8, 4) is 0 Å². The zero-order valence-corrected chi connectivity index (χ0v) is 8.93. The molecule has 0 saturated heterocycles. The molecule has 0 spiro atoms. The average molecular weight is 229 g/mol. The second-order valence-electron chi connectivity index (χ2n) is 3.75. The highest BCUT2D eigenvalue weighted by Gasteiger charge is 2.24. The van der Waals surface area contributed by atoms with E-state index in [0.717, 1.165) is 18.9 Å². The molecule has 0 aromatic heterocycles. The molecule has 1 saturated carbocycles. The zero-order chi connectivity index (χ0) is 10.9. The lowest BCUT2D eigenvalue weighted by atomic mass is 10.4. The van der Waals surface area contributed by atoms with Crippen molar-refractivity contribution in [1.82, 2.24) is 4.72 Å². The Morgan fingerprint density at radius 2 is 2.13 bits per heavy atom. The van der Waals surface area contributed by atoms with Crippen molar-refractivity contribution in [3.63, 3.8) is 0 Å². The summed E-state index contributed by atoms with van der Waals surface area (Å²) in [6, 6.07) is 5.02. The predicted molar refractivity (Wildman–Crippen MR) is 54.3 cm³/mol. The van der Waals surface area contributed by atoms with Gasteiger partial charge in [-0.3, -0.25) is 0 Å². The van der Waals surface area contributed by atoms with Crippen LogP contribution in [-0.2, 0) is 10.0 Å². The van der Waals surface area contributed by atoms with Gasteiger partial charge >= 0.3 is 0 Å². The van der Waals surface area contributed by atoms with Crippen molar-refractivity contribution in [1.29, 1.82) is 0 Å². The Hall–Kier alpha value is -0.940. The Bertz CT molecular complexity index is 454. The van der Waals surface area contributed by atoms with Crippen LogP contribution in [0.4, 0.5) is 4.39 Å². The van der Waals surface area contributed by atoms with Crippen LogP contribution in [0.1, 0.15) is 12.8 Å². The van der Waals surface area contributed by atoms with Crippen LogP contribution in [0.25, 0.3) is 0 Å². The minimum atomic E-state index is -3.53. The van der Waals surface area contributed by atoms with Crippen molar-refractivity contribution in [2.75, 3.05) is 6.54 Å². The van der Waals surface area contributed by atoms with Gasteiger partial charge < -0.3 is 0 Å². The number of hydrogen-bond donors (Lipinski definition) is 1. The van der Waals surface area contributed by atoms with E-state index < -0.39 is 15.8 Å². The van der Waals surface area contributed by atoms with Crippen LogP contribution >= 0.6 is 0 Å². The predicted octanol–water partition coefficient (Wildman–Crippen LogP) is 1.51. The number of halogens is 1. The number of sulfonamides is 1. The molecule has 0 atom stereocenters. The van der Waals surface area contributed by atoms with Crippen molar-refractivity contribution < 1.29 is 12.8 Å². The Morgan fingerprint density at radius 1 is 1.40 bits per heavy atom. The summed E-state index contributed by atoms with van der Waals surface area (Å²) in [5.41, 5.74) is 0. The van der Waals surface area contributed by atoms with Gasteiger partial charge in [-0.2, -0.15) is 0 Å². The van der Waals surface area contributed by atoms with E-state index in [4.69, 9.17) is 0 Å². The van der Waals surface area contributed by atoms with Crippen LogP contribution in [0.15, 0.2) is 29.2 Å². The lowest BCUT2D eigenvalue weighted by Crippen LogP contribution is -2.25. The first kappa shape index (κ1) is 10.6. The highest BCUT2D eigenvalue weighted by molar-refractivity contribution is 7.89. The maximum atomic E-state index is 12.8. The quantitative estimate of drug-likeness (QED) is 0.850. The van der Waals surface area contributed by atoms with Gasteiger partial charge in [-0.15, -0.1) is 0 Å². The third kappa shape index (κ3) is 2.76. The Kier molecular flexibility index (Phi) is 2.75. The van der Waals surface area contributed by atoms with E-state index in [9.17, 15) is 12.8 Å². The summed E-state index contributed by atoms with van der Waals surface area (Å²) in [7, 11) is -3.53. The molecule has 5 heteroatoms. The molecule has 1 aromatic rings. The van der Waals surface area contributed by atoms with Crippen LogP contribution < -0.4 is 4.72 Å². The van der Waals surface area contributed by atoms with Crippen molar-refractivity contribution in [3.05, 3.63) is 30.1 Å². The molecule has 2 rings (SSSR count). The highest BCUT2D eigenvalue weighted by Crippen LogP contribution is 2.28. The van der Waals surface area contributed by atoms with Gasteiger partial charge in [0.15, 0.2) is 0 Å². The number of benzene rings is 1. The highest BCUT2D eigenvalue weighted by atomic mass is 32.2. The Morgan fingerprint density at radius 3 is 2.73 bits per heavy atom. The fraction of sp³-hybridized carbons (Fsp3) is 0.400. The van der Waals surface area contributed by atoms with Crippen molar-refractivity contribution >= 4 is 10.0 Å². The molecule has 82 valence electrons. The number of nitrogens with one attached hydrogen (secondary N) is 1. The van der Waals surface area contributed by atoms with Gasteiger partial charge in [0, 0.05) is 6.54 Å². The van der Waals surface area contributed by atoms with Gasteiger partial charge in [-0.25, -0.2) is 17.5 Å². The van der Waals surface area contributed by atoms with Gasteiger partial charge in [0.1, 0.15) is 5.82 Å². The monoisotopic (exact) mass is 229 g/mol. The van der Waals surface area contributed by atoms with E-state index in [-0.39, 0.29) is 4.90 Å². The summed E-state index contributed by atoms with van der Waals surface area (Å²) in [6.07, 6.45) is 2.15. The normalized spacial score (nSPS) is 16.6. The molecule has 1 aliphatic carbocycles. The van der Waals surface area contributed by atoms with Gasteiger partial charge in [0.05, 0.1) is 4.90 Å². The van der Waals surface area contributed by atoms with Crippen LogP contribution in [0.3, 0.4) is 0 Å². The minimum absolute atomic E-state index is 0.0110. The molecule has 1 N–H and O–H groups in total. The summed E-state index contributed by atoms with van der Waals surface area (Å²) < 4.78 is 38.6. The molecular weight excluding hydrogens is 217 g/mol. The first-order valence-corrected chi connectivity index (χ1v) is 6.31. The summed E-state index contributed by atoms with van der Waals surface area (Å²) >= 11 is 0. The molecule has 1 fully saturated rings. The lowest BCUT2D eigenvalue weighted by Gasteiger charge is -2.05. The fourth-order valence-corrected chi connectivity index (χ4v) is 2.41. The Balaban J connectivity index is 2.12. The molecule has 1 aromatic carbocycles. The van der Waals surface area contributed by atoms with Gasteiger partial charge in [0.25, 0.3) is 0 Å². The van der Waals surface area contributed by atoms with Gasteiger partial charge in [-0.1, -0.05) is 6.07 Å². The van der Waals surface area contributed by atoms with E-state index in [2.05, 4.69) is 4.72 Å². The van der Waals surface area contributed by atoms with Crippen LogP contribution in [0.2, 0.25) is 0 Å². The molecule has 0 amide bonds. The smallest absolute Gasteiger partial charge is 0.211 e. The summed E-state index contributed by atoms with van der Waals surface area (Å²) in [6.45, 7) is 0.457. The summed E-state index contributed by atoms with van der Waals surface area (Å²) in [4.78, 5) is -0.0110. The van der Waals surface area contributed by atoms with E-state index in [1.165, 1.54) is 18.2 Å². The molecule has 15 heavy (non-hydrogen) atoms. The first-order valence-electron chi connectivity index (χ1n) is 4.83. The van der Waals surface area contributed by atoms with Crippen LogP contribution in [-0.4, -0.2) is 15.0 Å². The Labute approximate surface area is 88.4 Å². The van der Waals surface area contributed by atoms with Crippen LogP contribution in [0, 0.1) is 11.7 Å². The van der Waals surface area contributed by atoms with Crippen molar-refractivity contribution in [2.24, 2.45) is 5.92 Å². The van der Waals surface area contributed by atoms with E-state index in [1.807, 2.05) is 0 Å². The third-order valence-corrected chi connectivity index (χ3v) is 3.79. The van der Waals surface area contributed by atoms with Crippen LogP contribution in [0.5, 0.6) is 0 Å². The molecule has 1 aliphatic rings. The molecule has 0 aliphatic heterocycles. The van der Waals surface area contributed by atoms with Gasteiger partial charge in [-0.05, 0) is 37.0 Å². The van der Waals surface area contributed by atoms with E-state index in [0.29, 0.717) is 12.5 Å². The SMILES string of the molecule is O=S(=O)(NCC1CC1)c1cccc(F)c1. The molecule has 0 heterocycles. The summed E-state index contributed by atoms with van der Waals surface area (Å²) in [5.74, 6) is -0.0716. The fourth-order valence-electron chi connectivity index (χ4n) is 1.27. The lowest BCUT2D eigenvalue weighted by molar-refractivity contribution is 0.574. The maximum absolute atomic E-state index is 12.8. The second-order valence-corrected chi connectivity index (χ2v) is 5.52. The van der Waals surface area contributed by atoms with Crippen molar-refractivity contribution in [2.45, 2.75) is 17.7 Å². The second kappa shape index (κ2) is 3.90. The molecule has 0 radical (unpaired) electrons. The zero-order valence-electron chi connectivity index (χ0n) is 8.11. The number of hydrogen-bond acceptors (Lipinski definition) is 2. The minimum Gasteiger partial charge on any atom is -0.211 e. The summed E-state index contributed by atoms with van der Waals surface area (Å²) in [5, 5.41) is 0. The van der Waals surface area contributed by atoms with E-state index in [1.54, 1.807) is 0 Å². The molecule has 0 unspecified atom stereocenters. The number of rotatable bonds is 4. The van der Waals surface area contributed by atoms with E-state index >= 15 is 0 Å². The first-order chi connectivity index (χ1) is 7.08. The average Bonchev–Trinajstić information content (AvgIpc) is 2.98. The largest absolute Gasteiger partial charge is 0.240 e. The maximum Gasteiger partial charge on any atom is 0.240 e. The third-order valence-electron chi connectivity index (χ3n) is 2.37. The molecule has 3 nitrogen and oxygen atoms in total. The van der Waals surface area contributed by atoms with Gasteiger partial charge in [0.2, 0.25) is 10.0 Å². The molecule has 0 bridgehead atoms. The molecular formula is C10H12FNO2S. The topological polar surface area (TPSA) is 46.2 Å². The standard InChI is InChI=1S/C10H12FNO2S/c11-9-2-1-3-10(6-9)15(13,14)12-7-8-4-5-8/h1-3,6,8,12H,4-5,7H2.